The number of nitrogens with zero attached hydrogens (tertiary/aromatic N) is 3. The van der Waals surface area contributed by atoms with Crippen molar-refractivity contribution in [3.63, 3.8) is 0 Å². The Balaban J connectivity index is 1.66. The molecular formula is C20H30N4O3. The van der Waals surface area contributed by atoms with E-state index in [1.165, 1.54) is 0 Å². The predicted molar refractivity (Wildman–Crippen MR) is 104 cm³/mol. The van der Waals surface area contributed by atoms with E-state index < -0.39 is 5.97 Å². The van der Waals surface area contributed by atoms with Gasteiger partial charge in [0.15, 0.2) is 0 Å². The first kappa shape index (κ1) is 19.6. The smallest absolute Gasteiger partial charge is 0.320 e. The first-order valence-electron chi connectivity index (χ1n) is 9.94. The number of piperidine rings is 1. The molecule has 2 saturated heterocycles. The van der Waals surface area contributed by atoms with Gasteiger partial charge in [0, 0.05) is 37.9 Å². The number of nitrogens with one attached hydrogen (secondary N) is 1. The number of hydrogen-bond donors (Lipinski definition) is 2. The maximum Gasteiger partial charge on any atom is 0.320 e. The molecule has 3 rings (SSSR count). The van der Waals surface area contributed by atoms with Gasteiger partial charge in [0.2, 0.25) is 0 Å². The highest BCUT2D eigenvalue weighted by molar-refractivity contribution is 5.94. The van der Waals surface area contributed by atoms with Gasteiger partial charge in [-0.2, -0.15) is 0 Å². The van der Waals surface area contributed by atoms with Gasteiger partial charge in [-0.3, -0.25) is 14.5 Å². The molecule has 1 spiro atoms. The molecule has 2 aliphatic heterocycles. The molecule has 2 fully saturated rings. The number of carbonyl (C=O) groups excluding carboxylic acids is 1. The van der Waals surface area contributed by atoms with Gasteiger partial charge >= 0.3 is 5.97 Å². The number of aromatic nitrogens is 1. The van der Waals surface area contributed by atoms with E-state index in [0.717, 1.165) is 57.7 Å². The van der Waals surface area contributed by atoms with Crippen LogP contribution >= 0.6 is 0 Å². The second-order valence-corrected chi connectivity index (χ2v) is 7.78. The van der Waals surface area contributed by atoms with Crippen LogP contribution in [0.4, 0.5) is 5.82 Å². The lowest BCUT2D eigenvalue weighted by atomic mass is 9.76. The van der Waals surface area contributed by atoms with Gasteiger partial charge in [0.05, 0.1) is 0 Å². The minimum atomic E-state index is -0.695. The third-order valence-electron chi connectivity index (χ3n) is 5.89. The van der Waals surface area contributed by atoms with Crippen molar-refractivity contribution in [2.75, 3.05) is 37.6 Å². The molecule has 27 heavy (non-hydrogen) atoms. The molecule has 7 nitrogen and oxygen atoms in total. The van der Waals surface area contributed by atoms with Crippen molar-refractivity contribution >= 4 is 17.7 Å². The molecule has 0 aliphatic carbocycles. The summed E-state index contributed by atoms with van der Waals surface area (Å²) in [4.78, 5) is 32.5. The van der Waals surface area contributed by atoms with E-state index in [2.05, 4.69) is 27.0 Å². The predicted octanol–water partition coefficient (Wildman–Crippen LogP) is 1.99. The Kier molecular flexibility index (Phi) is 5.99. The summed E-state index contributed by atoms with van der Waals surface area (Å²) in [5, 5.41) is 12.4. The Morgan fingerprint density at radius 2 is 2.07 bits per heavy atom. The largest absolute Gasteiger partial charge is 0.480 e. The summed E-state index contributed by atoms with van der Waals surface area (Å²) in [5.74, 6) is 0.0517. The lowest BCUT2D eigenvalue weighted by Gasteiger charge is -2.40. The van der Waals surface area contributed by atoms with Gasteiger partial charge in [0.25, 0.3) is 5.91 Å². The zero-order valence-corrected chi connectivity index (χ0v) is 16.3. The average molecular weight is 374 g/mol. The minimum absolute atomic E-state index is 0.0788. The SMILES string of the molecule is CCCN1CC2(CCN(c3cc(C(=O)NCC)ccn3)CC2)CC1C(=O)O. The number of amides is 1. The molecule has 2 N–H and O–H groups in total. The van der Waals surface area contributed by atoms with Crippen molar-refractivity contribution in [2.45, 2.75) is 45.6 Å². The molecule has 3 heterocycles. The molecule has 148 valence electrons. The molecule has 0 bridgehead atoms. The number of anilines is 1. The quantitative estimate of drug-likeness (QED) is 0.792. The zero-order chi connectivity index (χ0) is 19.4. The van der Waals surface area contributed by atoms with Crippen molar-refractivity contribution < 1.29 is 14.7 Å². The third kappa shape index (κ3) is 4.24. The van der Waals surface area contributed by atoms with E-state index in [1.807, 2.05) is 13.0 Å². The van der Waals surface area contributed by atoms with Gasteiger partial charge in [-0.25, -0.2) is 4.98 Å². The Bertz CT molecular complexity index is 686. The van der Waals surface area contributed by atoms with Gasteiger partial charge in [-0.15, -0.1) is 0 Å². The van der Waals surface area contributed by atoms with E-state index in [-0.39, 0.29) is 17.4 Å². The highest BCUT2D eigenvalue weighted by atomic mass is 16.4. The lowest BCUT2D eigenvalue weighted by molar-refractivity contribution is -0.142. The van der Waals surface area contributed by atoms with E-state index >= 15 is 0 Å². The summed E-state index contributed by atoms with van der Waals surface area (Å²) in [6.07, 6.45) is 5.32. The summed E-state index contributed by atoms with van der Waals surface area (Å²) >= 11 is 0. The minimum Gasteiger partial charge on any atom is -0.480 e. The van der Waals surface area contributed by atoms with Gasteiger partial charge in [-0.1, -0.05) is 6.92 Å². The lowest BCUT2D eigenvalue weighted by Crippen LogP contribution is -2.42. The second-order valence-electron chi connectivity index (χ2n) is 7.78. The van der Waals surface area contributed by atoms with E-state index in [0.29, 0.717) is 12.1 Å². The van der Waals surface area contributed by atoms with Crippen LogP contribution in [0, 0.1) is 5.41 Å². The van der Waals surface area contributed by atoms with Crippen molar-refractivity contribution in [1.82, 2.24) is 15.2 Å². The van der Waals surface area contributed by atoms with Crippen LogP contribution in [0.25, 0.3) is 0 Å². The van der Waals surface area contributed by atoms with Crippen molar-refractivity contribution in [2.24, 2.45) is 5.41 Å². The molecular weight excluding hydrogens is 344 g/mol. The van der Waals surface area contributed by atoms with Crippen LogP contribution in [-0.2, 0) is 4.79 Å². The van der Waals surface area contributed by atoms with Crippen LogP contribution in [0.15, 0.2) is 18.3 Å². The third-order valence-corrected chi connectivity index (χ3v) is 5.89. The topological polar surface area (TPSA) is 85.8 Å². The number of carbonyl (C=O) groups is 2. The monoisotopic (exact) mass is 374 g/mol. The molecule has 1 aromatic rings. The van der Waals surface area contributed by atoms with Gasteiger partial charge < -0.3 is 15.3 Å². The molecule has 1 amide bonds. The fraction of sp³-hybridized carbons (Fsp3) is 0.650. The van der Waals surface area contributed by atoms with Crippen LogP contribution in [-0.4, -0.2) is 65.6 Å². The number of pyridine rings is 1. The number of carboxylic acids is 1. The van der Waals surface area contributed by atoms with Crippen LogP contribution < -0.4 is 10.2 Å². The van der Waals surface area contributed by atoms with Crippen molar-refractivity contribution in [3.05, 3.63) is 23.9 Å². The number of carboxylic acid groups (broad SMARTS) is 1. The molecule has 1 atom stereocenters. The standard InChI is InChI=1S/C20H30N4O3/c1-3-9-24-14-20(13-16(24)19(26)27)6-10-23(11-7-20)17-12-15(5-8-22-17)18(25)21-4-2/h5,8,12,16H,3-4,6-7,9-11,13-14H2,1-2H3,(H,21,25)(H,26,27). The van der Waals surface area contributed by atoms with Crippen molar-refractivity contribution in [3.8, 4) is 0 Å². The first-order valence-corrected chi connectivity index (χ1v) is 9.94. The Hall–Kier alpha value is -2.15. The molecule has 0 radical (unpaired) electrons. The van der Waals surface area contributed by atoms with E-state index in [4.69, 9.17) is 0 Å². The summed E-state index contributed by atoms with van der Waals surface area (Å²) in [5.41, 5.74) is 0.717. The fourth-order valence-corrected chi connectivity index (χ4v) is 4.48. The second kappa shape index (κ2) is 8.25. The number of aliphatic carboxylic acids is 1. The van der Waals surface area contributed by atoms with E-state index in [1.54, 1.807) is 12.3 Å². The maximum atomic E-state index is 12.1. The summed E-state index contributed by atoms with van der Waals surface area (Å²) in [7, 11) is 0. The van der Waals surface area contributed by atoms with Gasteiger partial charge in [-0.05, 0) is 56.7 Å². The van der Waals surface area contributed by atoms with Crippen LogP contribution in [0.2, 0.25) is 0 Å². The number of rotatable bonds is 6. The zero-order valence-electron chi connectivity index (χ0n) is 16.3. The molecule has 0 aromatic carbocycles. The highest BCUT2D eigenvalue weighted by Gasteiger charge is 2.47. The fourth-order valence-electron chi connectivity index (χ4n) is 4.48. The molecule has 7 heteroatoms. The molecule has 2 aliphatic rings. The first-order chi connectivity index (χ1) is 13.0. The Morgan fingerprint density at radius 3 is 2.70 bits per heavy atom. The number of likely N-dealkylation sites (tertiary alicyclic amines) is 1. The van der Waals surface area contributed by atoms with Crippen LogP contribution in [0.5, 0.6) is 0 Å². The van der Waals surface area contributed by atoms with Crippen molar-refractivity contribution in [1.29, 1.82) is 0 Å². The highest BCUT2D eigenvalue weighted by Crippen LogP contribution is 2.44. The summed E-state index contributed by atoms with van der Waals surface area (Å²) in [6.45, 7) is 8.01. The van der Waals surface area contributed by atoms with Crippen LogP contribution in [0.1, 0.15) is 49.9 Å². The van der Waals surface area contributed by atoms with Gasteiger partial charge in [0.1, 0.15) is 11.9 Å². The van der Waals surface area contributed by atoms with E-state index in [9.17, 15) is 14.7 Å². The number of hydrogen-bond acceptors (Lipinski definition) is 5. The Morgan fingerprint density at radius 1 is 1.33 bits per heavy atom. The Labute approximate surface area is 160 Å². The molecule has 1 aromatic heterocycles. The summed E-state index contributed by atoms with van der Waals surface area (Å²) < 4.78 is 0. The molecule has 1 unspecified atom stereocenters. The average Bonchev–Trinajstić information content (AvgIpc) is 3.01. The maximum absolute atomic E-state index is 12.1. The van der Waals surface area contributed by atoms with Crippen LogP contribution in [0.3, 0.4) is 0 Å². The molecule has 0 saturated carbocycles. The normalized spacial score (nSPS) is 22.1. The summed E-state index contributed by atoms with van der Waals surface area (Å²) in [6, 6.07) is 3.23.